The topological polar surface area (TPSA) is 58.2 Å². The predicted octanol–water partition coefficient (Wildman–Crippen LogP) is 2.59. The fourth-order valence-corrected chi connectivity index (χ4v) is 4.02. The third-order valence-electron chi connectivity index (χ3n) is 2.83. The van der Waals surface area contributed by atoms with Crippen LogP contribution in [0, 0.1) is 0 Å². The van der Waals surface area contributed by atoms with Gasteiger partial charge in [0.25, 0.3) is 0 Å². The van der Waals surface area contributed by atoms with Gasteiger partial charge in [-0.3, -0.25) is 0 Å². The van der Waals surface area contributed by atoms with Gasteiger partial charge in [0.1, 0.15) is 0 Å². The van der Waals surface area contributed by atoms with Gasteiger partial charge in [0, 0.05) is 22.8 Å². The summed E-state index contributed by atoms with van der Waals surface area (Å²) in [7, 11) is -3.48. The highest BCUT2D eigenvalue weighted by molar-refractivity contribution is 9.10. The van der Waals surface area contributed by atoms with Crippen molar-refractivity contribution in [2.75, 3.05) is 19.3 Å². The summed E-state index contributed by atoms with van der Waals surface area (Å²) in [4.78, 5) is 0.293. The molecule has 1 aromatic rings. The van der Waals surface area contributed by atoms with Crippen LogP contribution < -0.4 is 10.0 Å². The number of rotatable bonds is 8. The Morgan fingerprint density at radius 2 is 2.10 bits per heavy atom. The molecule has 0 radical (unpaired) electrons. The summed E-state index contributed by atoms with van der Waals surface area (Å²) in [5, 5.41) is 3.43. The normalized spacial score (nSPS) is 13.4. The zero-order chi connectivity index (χ0) is 15.2. The van der Waals surface area contributed by atoms with Crippen molar-refractivity contribution in [1.82, 2.24) is 10.0 Å². The zero-order valence-electron chi connectivity index (χ0n) is 11.9. The second-order valence-electron chi connectivity index (χ2n) is 4.44. The molecular weight excluding hydrogens is 360 g/mol. The lowest BCUT2D eigenvalue weighted by Crippen LogP contribution is -2.29. The Bertz CT molecular complexity index is 535. The van der Waals surface area contributed by atoms with E-state index in [0.717, 1.165) is 12.1 Å². The van der Waals surface area contributed by atoms with E-state index in [1.54, 1.807) is 23.9 Å². The summed E-state index contributed by atoms with van der Waals surface area (Å²) in [6.45, 7) is 5.94. The molecule has 0 heterocycles. The molecule has 1 unspecified atom stereocenters. The van der Waals surface area contributed by atoms with Gasteiger partial charge in [0.2, 0.25) is 10.0 Å². The maximum absolute atomic E-state index is 12.3. The minimum atomic E-state index is -3.48. The molecule has 1 aromatic carbocycles. The van der Waals surface area contributed by atoms with E-state index >= 15 is 0 Å². The van der Waals surface area contributed by atoms with Crippen molar-refractivity contribution >= 4 is 37.7 Å². The molecule has 4 nitrogen and oxygen atoms in total. The van der Waals surface area contributed by atoms with Gasteiger partial charge in [-0.1, -0.05) is 19.9 Å². The molecule has 114 valence electrons. The van der Waals surface area contributed by atoms with Crippen LogP contribution in [0.5, 0.6) is 0 Å². The van der Waals surface area contributed by atoms with E-state index in [4.69, 9.17) is 0 Å². The molecule has 0 bridgehead atoms. The Hall–Kier alpha value is -0.0800. The molecule has 2 N–H and O–H groups in total. The summed E-state index contributed by atoms with van der Waals surface area (Å²) >= 11 is 4.94. The standard InChI is InChI=1S/C13H21BrN2O2S2/c1-4-15-9-11-5-6-12(14)13(7-11)20(17,18)16-8-10(2)19-3/h5-7,10,15-16H,4,8-9H2,1-3H3. The van der Waals surface area contributed by atoms with Gasteiger partial charge in [-0.15, -0.1) is 0 Å². The van der Waals surface area contributed by atoms with Crippen LogP contribution in [0.2, 0.25) is 0 Å². The molecule has 1 atom stereocenters. The number of sulfonamides is 1. The van der Waals surface area contributed by atoms with E-state index in [-0.39, 0.29) is 5.25 Å². The first-order valence-electron chi connectivity index (χ1n) is 6.42. The van der Waals surface area contributed by atoms with E-state index in [0.29, 0.717) is 22.5 Å². The fraction of sp³-hybridized carbons (Fsp3) is 0.538. The van der Waals surface area contributed by atoms with E-state index in [9.17, 15) is 8.42 Å². The monoisotopic (exact) mass is 380 g/mol. The molecule has 0 aromatic heterocycles. The highest BCUT2D eigenvalue weighted by Gasteiger charge is 2.18. The van der Waals surface area contributed by atoms with Gasteiger partial charge in [0.15, 0.2) is 0 Å². The third kappa shape index (κ3) is 5.37. The summed E-state index contributed by atoms with van der Waals surface area (Å²) in [5.41, 5.74) is 0.952. The van der Waals surface area contributed by atoms with Gasteiger partial charge in [-0.05, 0) is 46.4 Å². The van der Waals surface area contributed by atoms with Crippen molar-refractivity contribution < 1.29 is 8.42 Å². The minimum Gasteiger partial charge on any atom is -0.313 e. The van der Waals surface area contributed by atoms with Crippen molar-refractivity contribution in [2.24, 2.45) is 0 Å². The van der Waals surface area contributed by atoms with E-state index in [1.807, 2.05) is 26.2 Å². The smallest absolute Gasteiger partial charge is 0.241 e. The highest BCUT2D eigenvalue weighted by Crippen LogP contribution is 2.23. The summed E-state index contributed by atoms with van der Waals surface area (Å²) in [6, 6.07) is 5.40. The quantitative estimate of drug-likeness (QED) is 0.727. The maximum Gasteiger partial charge on any atom is 0.241 e. The van der Waals surface area contributed by atoms with Crippen LogP contribution in [0.4, 0.5) is 0 Å². The second kappa shape index (κ2) is 8.38. The first-order valence-corrected chi connectivity index (χ1v) is 9.98. The van der Waals surface area contributed by atoms with Crippen LogP contribution in [0.15, 0.2) is 27.6 Å². The number of thioether (sulfide) groups is 1. The molecule has 0 saturated carbocycles. The van der Waals surface area contributed by atoms with Gasteiger partial charge in [0.05, 0.1) is 4.90 Å². The van der Waals surface area contributed by atoms with Crippen LogP contribution in [0.3, 0.4) is 0 Å². The van der Waals surface area contributed by atoms with Crippen molar-refractivity contribution in [3.8, 4) is 0 Å². The van der Waals surface area contributed by atoms with Gasteiger partial charge in [-0.25, -0.2) is 13.1 Å². The molecule has 20 heavy (non-hydrogen) atoms. The predicted molar refractivity (Wildman–Crippen MR) is 89.7 cm³/mol. The third-order valence-corrected chi connectivity index (χ3v) is 6.22. The second-order valence-corrected chi connectivity index (χ2v) is 8.31. The van der Waals surface area contributed by atoms with Crippen LogP contribution >= 0.6 is 27.7 Å². The lowest BCUT2D eigenvalue weighted by Gasteiger charge is -2.13. The number of hydrogen-bond acceptors (Lipinski definition) is 4. The van der Waals surface area contributed by atoms with Crippen LogP contribution in [-0.2, 0) is 16.6 Å². The molecule has 0 aliphatic rings. The molecule has 0 saturated heterocycles. The summed E-state index contributed by atoms with van der Waals surface area (Å²) in [5.74, 6) is 0. The fourth-order valence-electron chi connectivity index (χ4n) is 1.52. The van der Waals surface area contributed by atoms with Gasteiger partial charge in [-0.2, -0.15) is 11.8 Å². The summed E-state index contributed by atoms with van der Waals surface area (Å²) < 4.78 is 27.9. The first-order chi connectivity index (χ1) is 9.40. The molecule has 0 aliphatic heterocycles. The molecule has 0 spiro atoms. The maximum atomic E-state index is 12.3. The lowest BCUT2D eigenvalue weighted by molar-refractivity contribution is 0.580. The first kappa shape index (κ1) is 18.0. The Balaban J connectivity index is 2.92. The number of halogens is 1. The van der Waals surface area contributed by atoms with Crippen molar-refractivity contribution in [1.29, 1.82) is 0 Å². The van der Waals surface area contributed by atoms with Crippen molar-refractivity contribution in [3.05, 3.63) is 28.2 Å². The van der Waals surface area contributed by atoms with Crippen LogP contribution in [0.1, 0.15) is 19.4 Å². The Morgan fingerprint density at radius 3 is 2.70 bits per heavy atom. The molecule has 1 rings (SSSR count). The number of hydrogen-bond donors (Lipinski definition) is 2. The average Bonchev–Trinajstić information content (AvgIpc) is 2.43. The van der Waals surface area contributed by atoms with Gasteiger partial charge < -0.3 is 5.32 Å². The molecule has 7 heteroatoms. The largest absolute Gasteiger partial charge is 0.313 e. The molecule has 0 fully saturated rings. The summed E-state index contributed by atoms with van der Waals surface area (Å²) in [6.07, 6.45) is 1.96. The van der Waals surface area contributed by atoms with Gasteiger partial charge >= 0.3 is 0 Å². The van der Waals surface area contributed by atoms with Crippen molar-refractivity contribution in [2.45, 2.75) is 30.5 Å². The van der Waals surface area contributed by atoms with Crippen LogP contribution in [-0.4, -0.2) is 33.0 Å². The van der Waals surface area contributed by atoms with E-state index in [2.05, 4.69) is 26.0 Å². The van der Waals surface area contributed by atoms with E-state index < -0.39 is 10.0 Å². The Labute approximate surface area is 134 Å². The number of benzene rings is 1. The molecule has 0 aliphatic carbocycles. The molecule has 0 amide bonds. The number of nitrogens with one attached hydrogen (secondary N) is 2. The minimum absolute atomic E-state index is 0.244. The average molecular weight is 381 g/mol. The van der Waals surface area contributed by atoms with E-state index in [1.165, 1.54) is 0 Å². The lowest BCUT2D eigenvalue weighted by atomic mass is 10.2. The highest BCUT2D eigenvalue weighted by atomic mass is 79.9. The SMILES string of the molecule is CCNCc1ccc(Br)c(S(=O)(=O)NCC(C)SC)c1. The Kier molecular flexibility index (Phi) is 7.53. The molecular formula is C13H21BrN2O2S2. The van der Waals surface area contributed by atoms with Crippen molar-refractivity contribution in [3.63, 3.8) is 0 Å². The Morgan fingerprint density at radius 1 is 1.40 bits per heavy atom. The van der Waals surface area contributed by atoms with Crippen LogP contribution in [0.25, 0.3) is 0 Å². The zero-order valence-corrected chi connectivity index (χ0v) is 15.2.